The van der Waals surface area contributed by atoms with Crippen LogP contribution in [0.3, 0.4) is 0 Å². The first-order chi connectivity index (χ1) is 10.2. The fourth-order valence-corrected chi connectivity index (χ4v) is 2.94. The molecule has 1 rings (SSSR count). The van der Waals surface area contributed by atoms with E-state index in [1.54, 1.807) is 0 Å². The fourth-order valence-electron chi connectivity index (χ4n) is 2.94. The van der Waals surface area contributed by atoms with E-state index in [0.717, 1.165) is 32.4 Å². The average Bonchev–Trinajstić information content (AvgIpc) is 2.91. The standard InChI is InChI=1S/C18H34N2O/c1-3-5-7-9-13-20(14-10-8-6-4-2)18(21)16-11-12-17(19)15-16/h11-12,16-17H,3-10,13-15,19H2,1-2H3. The Hall–Kier alpha value is -0.830. The summed E-state index contributed by atoms with van der Waals surface area (Å²) >= 11 is 0. The highest BCUT2D eigenvalue weighted by atomic mass is 16.2. The first kappa shape index (κ1) is 18.2. The van der Waals surface area contributed by atoms with E-state index in [2.05, 4.69) is 18.7 Å². The SMILES string of the molecule is CCCCCCN(CCCCCC)C(=O)C1C=CC(N)C1. The fraction of sp³-hybridized carbons (Fsp3) is 0.833. The molecule has 3 heteroatoms. The zero-order valence-electron chi connectivity index (χ0n) is 14.0. The number of amides is 1. The van der Waals surface area contributed by atoms with Crippen molar-refractivity contribution < 1.29 is 4.79 Å². The van der Waals surface area contributed by atoms with Crippen molar-refractivity contribution in [3.05, 3.63) is 12.2 Å². The summed E-state index contributed by atoms with van der Waals surface area (Å²) in [7, 11) is 0. The predicted molar refractivity (Wildman–Crippen MR) is 90.1 cm³/mol. The minimum Gasteiger partial charge on any atom is -0.342 e. The first-order valence-corrected chi connectivity index (χ1v) is 8.91. The highest BCUT2D eigenvalue weighted by Gasteiger charge is 2.26. The monoisotopic (exact) mass is 294 g/mol. The van der Waals surface area contributed by atoms with E-state index in [-0.39, 0.29) is 12.0 Å². The Bertz CT molecular complexity index is 302. The molecule has 122 valence electrons. The molecule has 1 aliphatic carbocycles. The number of rotatable bonds is 11. The van der Waals surface area contributed by atoms with Crippen LogP contribution in [-0.4, -0.2) is 29.9 Å². The van der Waals surface area contributed by atoms with Gasteiger partial charge in [0, 0.05) is 19.1 Å². The van der Waals surface area contributed by atoms with E-state index in [4.69, 9.17) is 5.73 Å². The molecule has 0 radical (unpaired) electrons. The molecule has 0 aromatic heterocycles. The predicted octanol–water partition coefficient (Wildman–Crippen LogP) is 3.88. The molecule has 2 atom stereocenters. The van der Waals surface area contributed by atoms with Crippen molar-refractivity contribution in [2.75, 3.05) is 13.1 Å². The quantitative estimate of drug-likeness (QED) is 0.464. The van der Waals surface area contributed by atoms with Crippen LogP contribution in [0.25, 0.3) is 0 Å². The molecule has 0 bridgehead atoms. The summed E-state index contributed by atoms with van der Waals surface area (Å²) in [6.07, 6.45) is 14.5. The van der Waals surface area contributed by atoms with E-state index >= 15 is 0 Å². The minimum atomic E-state index is 0.0253. The van der Waals surface area contributed by atoms with Crippen molar-refractivity contribution >= 4 is 5.91 Å². The molecule has 0 saturated heterocycles. The van der Waals surface area contributed by atoms with Crippen molar-refractivity contribution in [1.82, 2.24) is 4.90 Å². The molecule has 0 fully saturated rings. The number of carbonyl (C=O) groups excluding carboxylic acids is 1. The third kappa shape index (κ3) is 7.12. The molecular weight excluding hydrogens is 260 g/mol. The van der Waals surface area contributed by atoms with Crippen LogP contribution in [0, 0.1) is 5.92 Å². The van der Waals surface area contributed by atoms with Gasteiger partial charge < -0.3 is 10.6 Å². The van der Waals surface area contributed by atoms with Gasteiger partial charge in [-0.3, -0.25) is 4.79 Å². The highest BCUT2D eigenvalue weighted by molar-refractivity contribution is 5.81. The lowest BCUT2D eigenvalue weighted by atomic mass is 10.1. The van der Waals surface area contributed by atoms with Crippen molar-refractivity contribution in [3.63, 3.8) is 0 Å². The Kier molecular flexibility index (Phi) is 9.40. The Balaban J connectivity index is 2.41. The van der Waals surface area contributed by atoms with Gasteiger partial charge in [0.1, 0.15) is 0 Å². The van der Waals surface area contributed by atoms with E-state index in [1.165, 1.54) is 38.5 Å². The summed E-state index contributed by atoms with van der Waals surface area (Å²) in [5.74, 6) is 0.324. The molecule has 3 nitrogen and oxygen atoms in total. The smallest absolute Gasteiger partial charge is 0.229 e. The number of nitrogens with zero attached hydrogens (tertiary/aromatic N) is 1. The van der Waals surface area contributed by atoms with Crippen molar-refractivity contribution in [2.24, 2.45) is 11.7 Å². The molecule has 0 heterocycles. The summed E-state index contributed by atoms with van der Waals surface area (Å²) in [5, 5.41) is 0. The van der Waals surface area contributed by atoms with Gasteiger partial charge in [-0.25, -0.2) is 0 Å². The van der Waals surface area contributed by atoms with Crippen molar-refractivity contribution in [1.29, 1.82) is 0 Å². The van der Waals surface area contributed by atoms with Crippen LogP contribution in [0.15, 0.2) is 12.2 Å². The summed E-state index contributed by atoms with van der Waals surface area (Å²) in [6, 6.07) is 0.0704. The van der Waals surface area contributed by atoms with Crippen LogP contribution >= 0.6 is 0 Å². The second-order valence-corrected chi connectivity index (χ2v) is 6.34. The van der Waals surface area contributed by atoms with Gasteiger partial charge in [-0.1, -0.05) is 64.5 Å². The lowest BCUT2D eigenvalue weighted by Gasteiger charge is -2.25. The minimum absolute atomic E-state index is 0.0253. The van der Waals surface area contributed by atoms with Crippen LogP contribution in [0.5, 0.6) is 0 Å². The number of nitrogens with two attached hydrogens (primary N) is 1. The third-order valence-electron chi connectivity index (χ3n) is 4.31. The van der Waals surface area contributed by atoms with Crippen LogP contribution in [0.2, 0.25) is 0 Å². The molecule has 0 aliphatic heterocycles. The second kappa shape index (κ2) is 10.8. The molecule has 2 unspecified atom stereocenters. The Morgan fingerprint density at radius 1 is 1.00 bits per heavy atom. The molecule has 21 heavy (non-hydrogen) atoms. The molecule has 1 aliphatic rings. The number of hydrogen-bond acceptors (Lipinski definition) is 2. The van der Waals surface area contributed by atoms with Gasteiger partial charge >= 0.3 is 0 Å². The first-order valence-electron chi connectivity index (χ1n) is 8.91. The molecule has 1 amide bonds. The van der Waals surface area contributed by atoms with Crippen LogP contribution in [0.1, 0.15) is 71.6 Å². The van der Waals surface area contributed by atoms with E-state index in [0.29, 0.717) is 5.91 Å². The maximum absolute atomic E-state index is 12.6. The van der Waals surface area contributed by atoms with Crippen LogP contribution in [-0.2, 0) is 4.79 Å². The number of hydrogen-bond donors (Lipinski definition) is 1. The normalized spacial score (nSPS) is 20.9. The van der Waals surface area contributed by atoms with E-state index < -0.39 is 0 Å². The summed E-state index contributed by atoms with van der Waals surface area (Å²) in [6.45, 7) is 6.28. The maximum Gasteiger partial charge on any atom is 0.229 e. The Labute approximate surface area is 131 Å². The largest absolute Gasteiger partial charge is 0.342 e. The van der Waals surface area contributed by atoms with Crippen molar-refractivity contribution in [2.45, 2.75) is 77.7 Å². The topological polar surface area (TPSA) is 46.3 Å². The van der Waals surface area contributed by atoms with Crippen LogP contribution < -0.4 is 5.73 Å². The molecule has 0 aromatic carbocycles. The Morgan fingerprint density at radius 3 is 2.00 bits per heavy atom. The van der Waals surface area contributed by atoms with Gasteiger partial charge in [-0.05, 0) is 19.3 Å². The second-order valence-electron chi connectivity index (χ2n) is 6.34. The van der Waals surface area contributed by atoms with Gasteiger partial charge in [-0.15, -0.1) is 0 Å². The molecular formula is C18H34N2O. The van der Waals surface area contributed by atoms with Gasteiger partial charge in [0.2, 0.25) is 5.91 Å². The zero-order valence-corrected chi connectivity index (χ0v) is 14.0. The van der Waals surface area contributed by atoms with Crippen molar-refractivity contribution in [3.8, 4) is 0 Å². The van der Waals surface area contributed by atoms with Crippen LogP contribution in [0.4, 0.5) is 0 Å². The molecule has 0 saturated carbocycles. The summed E-state index contributed by atoms with van der Waals surface area (Å²) < 4.78 is 0. The van der Waals surface area contributed by atoms with Gasteiger partial charge in [0.05, 0.1) is 5.92 Å². The maximum atomic E-state index is 12.6. The zero-order chi connectivity index (χ0) is 15.5. The van der Waals surface area contributed by atoms with E-state index in [1.807, 2.05) is 12.2 Å². The summed E-state index contributed by atoms with van der Waals surface area (Å²) in [5.41, 5.74) is 5.88. The molecule has 0 aromatic rings. The number of unbranched alkanes of at least 4 members (excludes halogenated alkanes) is 6. The lowest BCUT2D eigenvalue weighted by molar-refractivity contribution is -0.134. The lowest BCUT2D eigenvalue weighted by Crippen LogP contribution is -2.37. The van der Waals surface area contributed by atoms with Gasteiger partial charge in [0.25, 0.3) is 0 Å². The highest BCUT2D eigenvalue weighted by Crippen LogP contribution is 2.20. The summed E-state index contributed by atoms with van der Waals surface area (Å²) in [4.78, 5) is 14.7. The average molecular weight is 294 g/mol. The van der Waals surface area contributed by atoms with Gasteiger partial charge in [-0.2, -0.15) is 0 Å². The third-order valence-corrected chi connectivity index (χ3v) is 4.31. The Morgan fingerprint density at radius 2 is 1.57 bits per heavy atom. The molecule has 0 spiro atoms. The number of carbonyl (C=O) groups is 1. The molecule has 2 N–H and O–H groups in total. The van der Waals surface area contributed by atoms with Gasteiger partial charge in [0.15, 0.2) is 0 Å². The van der Waals surface area contributed by atoms with E-state index in [9.17, 15) is 4.79 Å².